The lowest BCUT2D eigenvalue weighted by Gasteiger charge is -2.09. The van der Waals surface area contributed by atoms with Gasteiger partial charge >= 0.3 is 0 Å². The molecule has 0 aromatic heterocycles. The molecule has 7 heteroatoms. The standard InChI is InChI=1S/C21H24N2O4S/c1-14(2)28(26,27)19-11-7-16(8-12-19)20(24)22-13-15-3-5-17(6-4-15)21(25)23-18-9-10-18/h3-8,11-12,14,18H,9-10,13H2,1-2H3,(H,22,24)(H,23,25). The van der Waals surface area contributed by atoms with Crippen molar-refractivity contribution in [1.82, 2.24) is 10.6 Å². The van der Waals surface area contributed by atoms with E-state index >= 15 is 0 Å². The molecular formula is C21H24N2O4S. The topological polar surface area (TPSA) is 92.3 Å². The second-order valence-electron chi connectivity index (χ2n) is 7.25. The molecule has 0 heterocycles. The number of nitrogens with one attached hydrogen (secondary N) is 2. The van der Waals surface area contributed by atoms with Gasteiger partial charge in [0.2, 0.25) is 0 Å². The third-order valence-electron chi connectivity index (χ3n) is 4.65. The quantitative estimate of drug-likeness (QED) is 0.747. The van der Waals surface area contributed by atoms with Gasteiger partial charge in [0, 0.05) is 23.7 Å². The van der Waals surface area contributed by atoms with E-state index in [0.717, 1.165) is 18.4 Å². The maximum atomic E-state index is 12.3. The number of sulfone groups is 1. The SMILES string of the molecule is CC(C)S(=O)(=O)c1ccc(C(=O)NCc2ccc(C(=O)NC3CC3)cc2)cc1. The van der Waals surface area contributed by atoms with E-state index < -0.39 is 15.1 Å². The zero-order chi connectivity index (χ0) is 20.3. The maximum absolute atomic E-state index is 12.3. The molecule has 0 bridgehead atoms. The van der Waals surface area contributed by atoms with Crippen LogP contribution in [0.5, 0.6) is 0 Å². The molecule has 0 saturated heterocycles. The van der Waals surface area contributed by atoms with Crippen LogP contribution in [0.15, 0.2) is 53.4 Å². The van der Waals surface area contributed by atoms with Crippen molar-refractivity contribution < 1.29 is 18.0 Å². The molecule has 0 spiro atoms. The van der Waals surface area contributed by atoms with Crippen molar-refractivity contribution in [3.63, 3.8) is 0 Å². The first-order valence-corrected chi connectivity index (χ1v) is 10.8. The van der Waals surface area contributed by atoms with Crippen LogP contribution < -0.4 is 10.6 Å². The van der Waals surface area contributed by atoms with Crippen LogP contribution in [0.1, 0.15) is 53.0 Å². The monoisotopic (exact) mass is 400 g/mol. The molecule has 28 heavy (non-hydrogen) atoms. The van der Waals surface area contributed by atoms with Gasteiger partial charge in [0.25, 0.3) is 11.8 Å². The number of carbonyl (C=O) groups is 2. The lowest BCUT2D eigenvalue weighted by Crippen LogP contribution is -2.25. The van der Waals surface area contributed by atoms with Crippen LogP contribution in [-0.4, -0.2) is 31.5 Å². The van der Waals surface area contributed by atoms with Crippen molar-refractivity contribution in [1.29, 1.82) is 0 Å². The molecule has 2 aromatic carbocycles. The highest BCUT2D eigenvalue weighted by molar-refractivity contribution is 7.92. The molecule has 0 unspecified atom stereocenters. The predicted molar refractivity (Wildman–Crippen MR) is 107 cm³/mol. The Hall–Kier alpha value is -2.67. The van der Waals surface area contributed by atoms with Crippen LogP contribution in [0.2, 0.25) is 0 Å². The molecule has 3 rings (SSSR count). The molecule has 2 amide bonds. The van der Waals surface area contributed by atoms with E-state index in [9.17, 15) is 18.0 Å². The summed E-state index contributed by atoms with van der Waals surface area (Å²) in [4.78, 5) is 24.5. The van der Waals surface area contributed by atoms with E-state index in [2.05, 4.69) is 10.6 Å². The zero-order valence-corrected chi connectivity index (χ0v) is 16.8. The first-order chi connectivity index (χ1) is 13.3. The Kier molecular flexibility index (Phi) is 5.84. The third-order valence-corrected chi connectivity index (χ3v) is 6.82. The van der Waals surface area contributed by atoms with E-state index in [0.29, 0.717) is 23.7 Å². The highest BCUT2D eigenvalue weighted by Crippen LogP contribution is 2.19. The van der Waals surface area contributed by atoms with Gasteiger partial charge in [0.15, 0.2) is 9.84 Å². The van der Waals surface area contributed by atoms with Gasteiger partial charge in [-0.1, -0.05) is 12.1 Å². The summed E-state index contributed by atoms with van der Waals surface area (Å²) >= 11 is 0. The molecular weight excluding hydrogens is 376 g/mol. The molecule has 1 aliphatic carbocycles. The lowest BCUT2D eigenvalue weighted by molar-refractivity contribution is 0.0941. The Morgan fingerprint density at radius 2 is 1.46 bits per heavy atom. The van der Waals surface area contributed by atoms with Gasteiger partial charge < -0.3 is 10.6 Å². The Morgan fingerprint density at radius 3 is 2.00 bits per heavy atom. The second kappa shape index (κ2) is 8.14. The molecule has 148 valence electrons. The average molecular weight is 401 g/mol. The number of hydrogen-bond acceptors (Lipinski definition) is 4. The highest BCUT2D eigenvalue weighted by atomic mass is 32.2. The summed E-state index contributed by atoms with van der Waals surface area (Å²) in [6.45, 7) is 3.56. The Bertz CT molecular complexity index is 960. The van der Waals surface area contributed by atoms with Crippen molar-refractivity contribution >= 4 is 21.7 Å². The second-order valence-corrected chi connectivity index (χ2v) is 9.75. The molecule has 0 aliphatic heterocycles. The summed E-state index contributed by atoms with van der Waals surface area (Å²) in [7, 11) is -3.35. The van der Waals surface area contributed by atoms with Crippen LogP contribution in [0.4, 0.5) is 0 Å². The normalized spacial score (nSPS) is 14.0. The fourth-order valence-electron chi connectivity index (χ4n) is 2.62. The van der Waals surface area contributed by atoms with Crippen LogP contribution in [-0.2, 0) is 16.4 Å². The molecule has 2 aromatic rings. The lowest BCUT2D eigenvalue weighted by atomic mass is 10.1. The first-order valence-electron chi connectivity index (χ1n) is 9.29. The summed E-state index contributed by atoms with van der Waals surface area (Å²) in [5.74, 6) is -0.362. The van der Waals surface area contributed by atoms with E-state index in [-0.39, 0.29) is 16.7 Å². The smallest absolute Gasteiger partial charge is 0.251 e. The Balaban J connectivity index is 1.57. The highest BCUT2D eigenvalue weighted by Gasteiger charge is 2.23. The molecule has 6 nitrogen and oxygen atoms in total. The summed E-state index contributed by atoms with van der Waals surface area (Å²) in [6, 6.07) is 13.3. The maximum Gasteiger partial charge on any atom is 0.251 e. The molecule has 2 N–H and O–H groups in total. The number of benzene rings is 2. The van der Waals surface area contributed by atoms with E-state index in [1.165, 1.54) is 24.3 Å². The van der Waals surface area contributed by atoms with Gasteiger partial charge in [-0.2, -0.15) is 0 Å². The van der Waals surface area contributed by atoms with E-state index in [4.69, 9.17) is 0 Å². The van der Waals surface area contributed by atoms with Crippen molar-refractivity contribution in [2.24, 2.45) is 0 Å². The fourth-order valence-corrected chi connectivity index (χ4v) is 3.68. The van der Waals surface area contributed by atoms with Crippen molar-refractivity contribution in [2.45, 2.75) is 49.4 Å². The van der Waals surface area contributed by atoms with Crippen molar-refractivity contribution in [3.8, 4) is 0 Å². The van der Waals surface area contributed by atoms with E-state index in [1.807, 2.05) is 0 Å². The first kappa shape index (κ1) is 20.1. The van der Waals surface area contributed by atoms with Crippen LogP contribution in [0.3, 0.4) is 0 Å². The van der Waals surface area contributed by atoms with Crippen LogP contribution >= 0.6 is 0 Å². The number of carbonyl (C=O) groups excluding carboxylic acids is 2. The van der Waals surface area contributed by atoms with Gasteiger partial charge in [0.1, 0.15) is 0 Å². The van der Waals surface area contributed by atoms with Crippen molar-refractivity contribution in [3.05, 3.63) is 65.2 Å². The summed E-state index contributed by atoms with van der Waals surface area (Å²) in [5.41, 5.74) is 1.86. The van der Waals surface area contributed by atoms with Gasteiger partial charge in [-0.05, 0) is 68.7 Å². The zero-order valence-electron chi connectivity index (χ0n) is 15.9. The molecule has 1 saturated carbocycles. The van der Waals surface area contributed by atoms with E-state index in [1.54, 1.807) is 38.1 Å². The van der Waals surface area contributed by atoms with Gasteiger partial charge in [0.05, 0.1) is 10.1 Å². The third kappa shape index (κ3) is 4.78. The Labute approximate surface area is 165 Å². The predicted octanol–water partition coefficient (Wildman–Crippen LogP) is 2.69. The minimum atomic E-state index is -3.35. The summed E-state index contributed by atoms with van der Waals surface area (Å²) in [5, 5.41) is 5.22. The fraction of sp³-hybridized carbons (Fsp3) is 0.333. The van der Waals surface area contributed by atoms with Crippen LogP contribution in [0.25, 0.3) is 0 Å². The summed E-state index contributed by atoms with van der Waals surface area (Å²) in [6.07, 6.45) is 2.08. The van der Waals surface area contributed by atoms with Crippen LogP contribution in [0, 0.1) is 0 Å². The minimum absolute atomic E-state index is 0.0745. The van der Waals surface area contributed by atoms with Gasteiger partial charge in [-0.25, -0.2) is 8.42 Å². The molecule has 1 aliphatic rings. The molecule has 0 radical (unpaired) electrons. The number of rotatable bonds is 7. The van der Waals surface area contributed by atoms with Gasteiger partial charge in [-0.15, -0.1) is 0 Å². The largest absolute Gasteiger partial charge is 0.349 e. The minimum Gasteiger partial charge on any atom is -0.349 e. The average Bonchev–Trinajstić information content (AvgIpc) is 3.50. The summed E-state index contributed by atoms with van der Waals surface area (Å²) < 4.78 is 24.3. The Morgan fingerprint density at radius 1 is 0.929 bits per heavy atom. The van der Waals surface area contributed by atoms with Crippen molar-refractivity contribution in [2.75, 3.05) is 0 Å². The van der Waals surface area contributed by atoms with Gasteiger partial charge in [-0.3, -0.25) is 9.59 Å². The number of amides is 2. The number of hydrogen-bond donors (Lipinski definition) is 2. The molecule has 1 fully saturated rings. The molecule has 0 atom stereocenters.